The van der Waals surface area contributed by atoms with Crippen LogP contribution in [0, 0.1) is 5.82 Å². The molecule has 0 saturated carbocycles. The molecule has 0 spiro atoms. The van der Waals surface area contributed by atoms with Gasteiger partial charge >= 0.3 is 0 Å². The number of nitrogens with zero attached hydrogens (tertiary/aromatic N) is 3. The number of para-hydroxylation sites is 1. The molecule has 162 valence electrons. The number of amides is 1. The van der Waals surface area contributed by atoms with Crippen LogP contribution in [0.3, 0.4) is 0 Å². The van der Waals surface area contributed by atoms with E-state index >= 15 is 0 Å². The van der Waals surface area contributed by atoms with E-state index in [-0.39, 0.29) is 17.3 Å². The molecule has 6 nitrogen and oxygen atoms in total. The fraction of sp³-hybridized carbons (Fsp3) is 0.0870. The molecule has 4 aromatic rings. The third kappa shape index (κ3) is 4.92. The molecule has 0 aliphatic heterocycles. The number of carbonyl (C=O) groups excluding carboxylic acids is 1. The van der Waals surface area contributed by atoms with E-state index < -0.39 is 5.82 Å². The molecule has 0 unspecified atom stereocenters. The average Bonchev–Trinajstić information content (AvgIpc) is 3.24. The quantitative estimate of drug-likeness (QED) is 0.364. The molecule has 32 heavy (non-hydrogen) atoms. The van der Waals surface area contributed by atoms with Gasteiger partial charge in [-0.25, -0.2) is 4.39 Å². The molecule has 0 aliphatic rings. The maximum Gasteiger partial charge on any atom is 0.234 e. The van der Waals surface area contributed by atoms with Crippen LogP contribution in [0.5, 0.6) is 5.75 Å². The summed E-state index contributed by atoms with van der Waals surface area (Å²) in [6, 6.07) is 20.7. The number of methoxy groups -OCH3 is 1. The van der Waals surface area contributed by atoms with Crippen molar-refractivity contribution in [2.75, 3.05) is 18.2 Å². The van der Waals surface area contributed by atoms with E-state index in [1.165, 1.54) is 23.9 Å². The fourth-order valence-corrected chi connectivity index (χ4v) is 3.87. The molecule has 3 aromatic carbocycles. The Labute approximate surface area is 193 Å². The lowest BCUT2D eigenvalue weighted by Gasteiger charge is -2.11. The van der Waals surface area contributed by atoms with Crippen molar-refractivity contribution in [3.05, 3.63) is 83.6 Å². The van der Waals surface area contributed by atoms with Crippen molar-refractivity contribution < 1.29 is 13.9 Å². The lowest BCUT2D eigenvalue weighted by molar-refractivity contribution is -0.113. The first kappa shape index (κ1) is 21.9. The Bertz CT molecular complexity index is 1230. The second kappa shape index (κ2) is 9.84. The molecule has 0 radical (unpaired) electrons. The van der Waals surface area contributed by atoms with Gasteiger partial charge in [0.1, 0.15) is 11.6 Å². The molecule has 4 rings (SSSR count). The lowest BCUT2D eigenvalue weighted by Crippen LogP contribution is -2.15. The summed E-state index contributed by atoms with van der Waals surface area (Å²) in [7, 11) is 1.60. The Balaban J connectivity index is 1.61. The molecular weight excluding hydrogens is 451 g/mol. The Hall–Kier alpha value is -3.36. The van der Waals surface area contributed by atoms with Crippen molar-refractivity contribution in [1.29, 1.82) is 0 Å². The van der Waals surface area contributed by atoms with E-state index in [4.69, 9.17) is 16.3 Å². The number of benzene rings is 3. The van der Waals surface area contributed by atoms with Crippen LogP contribution >= 0.6 is 23.4 Å². The zero-order valence-corrected chi connectivity index (χ0v) is 18.5. The van der Waals surface area contributed by atoms with E-state index in [1.807, 2.05) is 41.0 Å². The van der Waals surface area contributed by atoms with Gasteiger partial charge in [0.05, 0.1) is 18.6 Å². The zero-order valence-electron chi connectivity index (χ0n) is 17.0. The summed E-state index contributed by atoms with van der Waals surface area (Å²) in [4.78, 5) is 12.4. The van der Waals surface area contributed by atoms with E-state index in [0.29, 0.717) is 16.0 Å². The molecule has 0 saturated heterocycles. The Morgan fingerprint density at radius 1 is 1.06 bits per heavy atom. The van der Waals surface area contributed by atoms with Gasteiger partial charge in [0.2, 0.25) is 5.91 Å². The average molecular weight is 469 g/mol. The van der Waals surface area contributed by atoms with Crippen LogP contribution < -0.4 is 10.1 Å². The maximum atomic E-state index is 13.8. The third-order valence-corrected chi connectivity index (χ3v) is 5.73. The van der Waals surface area contributed by atoms with E-state index in [0.717, 1.165) is 17.0 Å². The molecule has 9 heteroatoms. The first-order valence-electron chi connectivity index (χ1n) is 9.58. The summed E-state index contributed by atoms with van der Waals surface area (Å²) in [5.74, 6) is 0.522. The second-order valence-corrected chi connectivity index (χ2v) is 8.04. The number of hydrogen-bond acceptors (Lipinski definition) is 5. The maximum absolute atomic E-state index is 13.8. The molecule has 0 atom stereocenters. The molecule has 1 aromatic heterocycles. The van der Waals surface area contributed by atoms with Gasteiger partial charge in [-0.2, -0.15) is 0 Å². The summed E-state index contributed by atoms with van der Waals surface area (Å²) >= 11 is 7.25. The summed E-state index contributed by atoms with van der Waals surface area (Å²) in [6.45, 7) is 0. The summed E-state index contributed by atoms with van der Waals surface area (Å²) in [5, 5.41) is 12.3. The van der Waals surface area contributed by atoms with Crippen molar-refractivity contribution in [2.45, 2.75) is 5.16 Å². The highest BCUT2D eigenvalue weighted by atomic mass is 35.5. The normalized spacial score (nSPS) is 10.7. The van der Waals surface area contributed by atoms with Crippen molar-refractivity contribution in [1.82, 2.24) is 14.8 Å². The monoisotopic (exact) mass is 468 g/mol. The van der Waals surface area contributed by atoms with Crippen LogP contribution in [0.2, 0.25) is 5.02 Å². The van der Waals surface area contributed by atoms with Crippen molar-refractivity contribution in [3.8, 4) is 22.8 Å². The molecule has 0 fully saturated rings. The number of halogens is 2. The van der Waals surface area contributed by atoms with Gasteiger partial charge in [-0.15, -0.1) is 10.2 Å². The summed E-state index contributed by atoms with van der Waals surface area (Å²) in [5.41, 5.74) is 1.76. The number of rotatable bonds is 7. The Morgan fingerprint density at radius 3 is 2.47 bits per heavy atom. The first-order valence-corrected chi connectivity index (χ1v) is 10.9. The highest BCUT2D eigenvalue weighted by Gasteiger charge is 2.18. The van der Waals surface area contributed by atoms with Gasteiger partial charge in [0.15, 0.2) is 11.0 Å². The van der Waals surface area contributed by atoms with E-state index in [9.17, 15) is 9.18 Å². The van der Waals surface area contributed by atoms with E-state index in [1.54, 1.807) is 31.4 Å². The van der Waals surface area contributed by atoms with Gasteiger partial charge in [-0.1, -0.05) is 35.5 Å². The van der Waals surface area contributed by atoms with Crippen LogP contribution in [0.15, 0.2) is 78.0 Å². The van der Waals surface area contributed by atoms with Crippen LogP contribution in [0.4, 0.5) is 10.1 Å². The van der Waals surface area contributed by atoms with Gasteiger partial charge in [-0.3, -0.25) is 9.36 Å². The van der Waals surface area contributed by atoms with Crippen molar-refractivity contribution >= 4 is 35.0 Å². The SMILES string of the molecule is COc1ccc(-c2nnc(SCC(=O)Nc3ccccc3F)n2-c2ccc(Cl)cc2)cc1. The van der Waals surface area contributed by atoms with Gasteiger partial charge in [0, 0.05) is 16.3 Å². The van der Waals surface area contributed by atoms with E-state index in [2.05, 4.69) is 15.5 Å². The van der Waals surface area contributed by atoms with Crippen molar-refractivity contribution in [2.24, 2.45) is 0 Å². The van der Waals surface area contributed by atoms with Crippen LogP contribution in [0.1, 0.15) is 0 Å². The minimum atomic E-state index is -0.489. The fourth-order valence-electron chi connectivity index (χ4n) is 2.99. The van der Waals surface area contributed by atoms with Crippen LogP contribution in [0.25, 0.3) is 17.1 Å². The molecule has 1 N–H and O–H groups in total. The minimum absolute atomic E-state index is 0.0304. The van der Waals surface area contributed by atoms with Crippen molar-refractivity contribution in [3.63, 3.8) is 0 Å². The number of nitrogens with one attached hydrogen (secondary N) is 1. The molecule has 1 amide bonds. The molecule has 0 aliphatic carbocycles. The predicted molar refractivity (Wildman–Crippen MR) is 124 cm³/mol. The topological polar surface area (TPSA) is 69.0 Å². The van der Waals surface area contributed by atoms with Gasteiger partial charge in [0.25, 0.3) is 0 Å². The Morgan fingerprint density at radius 2 is 1.78 bits per heavy atom. The minimum Gasteiger partial charge on any atom is -0.497 e. The number of carbonyl (C=O) groups is 1. The number of aromatic nitrogens is 3. The highest BCUT2D eigenvalue weighted by molar-refractivity contribution is 7.99. The standard InChI is InChI=1S/C23H18ClFN4O2S/c1-31-18-12-6-15(7-13-18)22-27-28-23(29(22)17-10-8-16(24)9-11-17)32-14-21(30)26-20-5-3-2-4-19(20)25/h2-13H,14H2,1H3,(H,26,30). The molecular formula is C23H18ClFN4O2S. The number of anilines is 1. The van der Waals surface area contributed by atoms with Crippen LogP contribution in [-0.2, 0) is 4.79 Å². The van der Waals surface area contributed by atoms with Crippen LogP contribution in [-0.4, -0.2) is 33.5 Å². The second-order valence-electron chi connectivity index (χ2n) is 6.66. The third-order valence-electron chi connectivity index (χ3n) is 4.55. The smallest absolute Gasteiger partial charge is 0.234 e. The van der Waals surface area contributed by atoms with Gasteiger partial charge < -0.3 is 10.1 Å². The summed E-state index contributed by atoms with van der Waals surface area (Å²) < 4.78 is 20.9. The first-order chi connectivity index (χ1) is 15.5. The summed E-state index contributed by atoms with van der Waals surface area (Å²) in [6.07, 6.45) is 0. The largest absolute Gasteiger partial charge is 0.497 e. The Kier molecular flexibility index (Phi) is 6.72. The molecule has 0 bridgehead atoms. The number of thioether (sulfide) groups is 1. The molecule has 1 heterocycles. The zero-order chi connectivity index (χ0) is 22.5. The van der Waals surface area contributed by atoms with Gasteiger partial charge in [-0.05, 0) is 60.7 Å². The number of hydrogen-bond donors (Lipinski definition) is 1. The predicted octanol–water partition coefficient (Wildman–Crippen LogP) is 5.47. The highest BCUT2D eigenvalue weighted by Crippen LogP contribution is 2.29. The number of ether oxygens (including phenoxy) is 1. The lowest BCUT2D eigenvalue weighted by atomic mass is 10.2.